The van der Waals surface area contributed by atoms with E-state index in [1.807, 2.05) is 34.1 Å². The molecule has 7 heteroatoms. The second-order valence-corrected chi connectivity index (χ2v) is 7.54. The lowest BCUT2D eigenvalue weighted by Crippen LogP contribution is -2.48. The minimum Gasteiger partial charge on any atom is -0.496 e. The van der Waals surface area contributed by atoms with E-state index in [0.29, 0.717) is 12.3 Å². The number of hydrogen-bond acceptors (Lipinski definition) is 4. The van der Waals surface area contributed by atoms with Crippen molar-refractivity contribution in [3.63, 3.8) is 0 Å². The molecule has 3 rings (SSSR count). The average Bonchev–Trinajstić information content (AvgIpc) is 2.72. The molecule has 2 aliphatic rings. The van der Waals surface area contributed by atoms with Gasteiger partial charge in [0.05, 0.1) is 13.2 Å². The van der Waals surface area contributed by atoms with Gasteiger partial charge in [-0.05, 0) is 31.2 Å². The van der Waals surface area contributed by atoms with Crippen molar-refractivity contribution in [2.45, 2.75) is 38.6 Å². The Hall–Kier alpha value is -1.79. The Bertz CT molecular complexity index is 662. The Labute approximate surface area is 174 Å². The number of halogens is 1. The zero-order chi connectivity index (χ0) is 19.2. The predicted molar refractivity (Wildman–Crippen MR) is 112 cm³/mol. The highest BCUT2D eigenvalue weighted by atomic mass is 35.5. The lowest BCUT2D eigenvalue weighted by Gasteiger charge is -2.37. The Morgan fingerprint density at radius 2 is 1.89 bits per heavy atom. The highest BCUT2D eigenvalue weighted by molar-refractivity contribution is 5.85. The van der Waals surface area contributed by atoms with Crippen LogP contribution in [-0.2, 0) is 9.59 Å². The summed E-state index contributed by atoms with van der Waals surface area (Å²) in [6, 6.07) is 7.97. The van der Waals surface area contributed by atoms with Gasteiger partial charge in [0.2, 0.25) is 11.8 Å². The van der Waals surface area contributed by atoms with Gasteiger partial charge in [0.15, 0.2) is 0 Å². The summed E-state index contributed by atoms with van der Waals surface area (Å²) in [7, 11) is 1.68. The number of para-hydroxylation sites is 1. The number of rotatable bonds is 5. The summed E-state index contributed by atoms with van der Waals surface area (Å²) in [6.07, 6.45) is 3.50. The number of likely N-dealkylation sites (tertiary alicyclic amines) is 1. The van der Waals surface area contributed by atoms with Crippen molar-refractivity contribution in [1.82, 2.24) is 15.1 Å². The van der Waals surface area contributed by atoms with Crippen molar-refractivity contribution in [3.8, 4) is 5.75 Å². The molecule has 28 heavy (non-hydrogen) atoms. The van der Waals surface area contributed by atoms with Crippen LogP contribution in [0.5, 0.6) is 5.75 Å². The smallest absolute Gasteiger partial charge is 0.223 e. The molecule has 0 bridgehead atoms. The molecule has 0 spiro atoms. The number of carbonyl (C=O) groups excluding carboxylic acids is 2. The molecule has 6 nitrogen and oxygen atoms in total. The molecule has 2 saturated heterocycles. The van der Waals surface area contributed by atoms with E-state index in [-0.39, 0.29) is 30.3 Å². The molecule has 0 saturated carbocycles. The van der Waals surface area contributed by atoms with E-state index in [1.165, 1.54) is 0 Å². The quantitative estimate of drug-likeness (QED) is 0.812. The second kappa shape index (κ2) is 10.7. The van der Waals surface area contributed by atoms with Crippen LogP contribution in [0.15, 0.2) is 24.3 Å². The maximum atomic E-state index is 13.0. The fourth-order valence-corrected chi connectivity index (χ4v) is 4.23. The summed E-state index contributed by atoms with van der Waals surface area (Å²) >= 11 is 0. The van der Waals surface area contributed by atoms with Crippen LogP contribution in [0.2, 0.25) is 0 Å². The van der Waals surface area contributed by atoms with Gasteiger partial charge in [0.1, 0.15) is 5.75 Å². The summed E-state index contributed by atoms with van der Waals surface area (Å²) < 4.78 is 5.51. The van der Waals surface area contributed by atoms with Crippen LogP contribution in [0.3, 0.4) is 0 Å². The number of benzene rings is 1. The van der Waals surface area contributed by atoms with Crippen LogP contribution >= 0.6 is 12.4 Å². The standard InChI is InChI=1S/C21H31N3O3.ClH/c1-16(25)23-12-9-17(10-13-23)7-8-21(26)24-14-11-22-15-19(24)18-5-3-4-6-20(18)27-2;/h3-6,17,19,22H,7-15H2,1-2H3;1H. The summed E-state index contributed by atoms with van der Waals surface area (Å²) in [4.78, 5) is 28.4. The second-order valence-electron chi connectivity index (χ2n) is 7.54. The lowest BCUT2D eigenvalue weighted by atomic mass is 9.91. The number of nitrogens with zero attached hydrogens (tertiary/aromatic N) is 2. The SMILES string of the molecule is COc1ccccc1C1CNCCN1C(=O)CCC1CCN(C(C)=O)CC1.Cl. The summed E-state index contributed by atoms with van der Waals surface area (Å²) in [5.41, 5.74) is 1.07. The van der Waals surface area contributed by atoms with Gasteiger partial charge < -0.3 is 19.9 Å². The maximum absolute atomic E-state index is 13.0. The number of piperidine rings is 1. The van der Waals surface area contributed by atoms with Crippen LogP contribution in [-0.4, -0.2) is 61.4 Å². The van der Waals surface area contributed by atoms with Gasteiger partial charge >= 0.3 is 0 Å². The number of piperazine rings is 1. The highest BCUT2D eigenvalue weighted by Crippen LogP contribution is 2.31. The lowest BCUT2D eigenvalue weighted by molar-refractivity contribution is -0.135. The molecule has 1 aromatic carbocycles. The molecule has 0 aromatic heterocycles. The number of carbonyl (C=O) groups is 2. The number of amides is 2. The normalized spacial score (nSPS) is 20.4. The largest absolute Gasteiger partial charge is 0.496 e. The minimum atomic E-state index is 0. The summed E-state index contributed by atoms with van der Waals surface area (Å²) in [6.45, 7) is 5.59. The first-order valence-electron chi connectivity index (χ1n) is 9.98. The number of nitrogens with one attached hydrogen (secondary N) is 1. The van der Waals surface area contributed by atoms with Crippen molar-refractivity contribution in [2.24, 2.45) is 5.92 Å². The predicted octanol–water partition coefficient (Wildman–Crippen LogP) is 2.63. The van der Waals surface area contributed by atoms with Crippen molar-refractivity contribution >= 4 is 24.2 Å². The Kier molecular flexibility index (Phi) is 8.58. The monoisotopic (exact) mass is 409 g/mol. The fraction of sp³-hybridized carbons (Fsp3) is 0.619. The first kappa shape index (κ1) is 22.5. The molecule has 1 N–H and O–H groups in total. The zero-order valence-corrected chi connectivity index (χ0v) is 17.7. The van der Waals surface area contributed by atoms with E-state index in [9.17, 15) is 9.59 Å². The topological polar surface area (TPSA) is 61.9 Å². The molecule has 0 aliphatic carbocycles. The Morgan fingerprint density at radius 1 is 1.18 bits per heavy atom. The number of ether oxygens (including phenoxy) is 1. The van der Waals surface area contributed by atoms with Crippen LogP contribution in [0.1, 0.15) is 44.2 Å². The van der Waals surface area contributed by atoms with Crippen LogP contribution in [0.25, 0.3) is 0 Å². The van der Waals surface area contributed by atoms with Crippen molar-refractivity contribution < 1.29 is 14.3 Å². The zero-order valence-electron chi connectivity index (χ0n) is 16.9. The van der Waals surface area contributed by atoms with Crippen LogP contribution in [0.4, 0.5) is 0 Å². The molecule has 1 atom stereocenters. The third kappa shape index (κ3) is 5.39. The molecule has 156 valence electrons. The Balaban J connectivity index is 0.00000280. The van der Waals surface area contributed by atoms with Crippen molar-refractivity contribution in [2.75, 3.05) is 39.8 Å². The van der Waals surface area contributed by atoms with Gasteiger partial charge in [-0.2, -0.15) is 0 Å². The van der Waals surface area contributed by atoms with E-state index < -0.39 is 0 Å². The maximum Gasteiger partial charge on any atom is 0.223 e. The first-order valence-corrected chi connectivity index (χ1v) is 9.98. The molecule has 2 heterocycles. The van der Waals surface area contributed by atoms with Gasteiger partial charge in [-0.1, -0.05) is 18.2 Å². The van der Waals surface area contributed by atoms with Gasteiger partial charge in [-0.25, -0.2) is 0 Å². The van der Waals surface area contributed by atoms with Crippen LogP contribution in [0, 0.1) is 5.92 Å². The minimum absolute atomic E-state index is 0. The molecule has 2 fully saturated rings. The average molecular weight is 410 g/mol. The molecule has 1 unspecified atom stereocenters. The van der Waals surface area contributed by atoms with E-state index in [2.05, 4.69) is 5.32 Å². The van der Waals surface area contributed by atoms with E-state index in [0.717, 1.165) is 63.3 Å². The molecular formula is C21H32ClN3O3. The Morgan fingerprint density at radius 3 is 2.57 bits per heavy atom. The van der Waals surface area contributed by atoms with E-state index in [4.69, 9.17) is 4.74 Å². The molecular weight excluding hydrogens is 378 g/mol. The summed E-state index contributed by atoms with van der Waals surface area (Å²) in [5.74, 6) is 1.75. The number of hydrogen-bond donors (Lipinski definition) is 1. The molecule has 1 aromatic rings. The van der Waals surface area contributed by atoms with Gasteiger partial charge in [0.25, 0.3) is 0 Å². The van der Waals surface area contributed by atoms with Gasteiger partial charge in [-0.15, -0.1) is 12.4 Å². The third-order valence-electron chi connectivity index (χ3n) is 5.89. The first-order chi connectivity index (χ1) is 13.1. The van der Waals surface area contributed by atoms with E-state index >= 15 is 0 Å². The molecule has 2 amide bonds. The molecule has 0 radical (unpaired) electrons. The summed E-state index contributed by atoms with van der Waals surface area (Å²) in [5, 5.41) is 3.40. The van der Waals surface area contributed by atoms with E-state index in [1.54, 1.807) is 14.0 Å². The highest BCUT2D eigenvalue weighted by Gasteiger charge is 2.30. The van der Waals surface area contributed by atoms with Gasteiger partial charge in [0, 0.05) is 51.6 Å². The number of methoxy groups -OCH3 is 1. The van der Waals surface area contributed by atoms with Crippen molar-refractivity contribution in [1.29, 1.82) is 0 Å². The molecule has 2 aliphatic heterocycles. The van der Waals surface area contributed by atoms with Gasteiger partial charge in [-0.3, -0.25) is 9.59 Å². The van der Waals surface area contributed by atoms with Crippen LogP contribution < -0.4 is 10.1 Å². The van der Waals surface area contributed by atoms with Crippen molar-refractivity contribution in [3.05, 3.63) is 29.8 Å². The third-order valence-corrected chi connectivity index (χ3v) is 5.89. The fourth-order valence-electron chi connectivity index (χ4n) is 4.23.